The highest BCUT2D eigenvalue weighted by Crippen LogP contribution is 2.47. The van der Waals surface area contributed by atoms with Crippen LogP contribution in [0.1, 0.15) is 68.6 Å². The van der Waals surface area contributed by atoms with E-state index in [0.717, 1.165) is 19.3 Å². The summed E-state index contributed by atoms with van der Waals surface area (Å²) in [6, 6.07) is 2.71. The molecule has 2 bridgehead atoms. The van der Waals surface area contributed by atoms with E-state index >= 15 is 0 Å². The summed E-state index contributed by atoms with van der Waals surface area (Å²) in [5, 5.41) is 10.5. The Labute approximate surface area is 120 Å². The lowest BCUT2D eigenvalue weighted by Gasteiger charge is -2.35. The number of aliphatic hydroxyl groups is 1. The number of aryl methyl sites for hydroxylation is 1. The molecule has 4 unspecified atom stereocenters. The lowest BCUT2D eigenvalue weighted by atomic mass is 9.75. The van der Waals surface area contributed by atoms with Crippen molar-refractivity contribution < 1.29 is 9.84 Å². The van der Waals surface area contributed by atoms with Crippen molar-refractivity contribution in [3.63, 3.8) is 0 Å². The van der Waals surface area contributed by atoms with E-state index < -0.39 is 0 Å². The maximum Gasteiger partial charge on any atom is 0.0812 e. The number of aliphatic hydroxyl groups excluding tert-OH is 1. The van der Waals surface area contributed by atoms with E-state index in [2.05, 4.69) is 31.4 Å². The van der Waals surface area contributed by atoms with Crippen molar-refractivity contribution in [2.45, 2.75) is 77.2 Å². The highest BCUT2D eigenvalue weighted by atomic mass is 16.5. The third-order valence-electron chi connectivity index (χ3n) is 5.52. The Morgan fingerprint density at radius 3 is 2.80 bits per heavy atom. The van der Waals surface area contributed by atoms with Crippen LogP contribution in [-0.4, -0.2) is 21.9 Å². The van der Waals surface area contributed by atoms with Crippen molar-refractivity contribution in [1.29, 1.82) is 0 Å². The van der Waals surface area contributed by atoms with E-state index in [4.69, 9.17) is 4.74 Å². The standard InChI is InChI=1S/C17H25NO2/c1-10-6-12-14(8-17(2,3)9-15(12)19)18(10)13-7-11-4-5-16(13)20-11/h6,11,13,15-16,19H,4-5,7-9H2,1-3H3. The van der Waals surface area contributed by atoms with Gasteiger partial charge in [-0.2, -0.15) is 0 Å². The van der Waals surface area contributed by atoms with E-state index in [1.165, 1.54) is 29.8 Å². The zero-order valence-electron chi connectivity index (χ0n) is 12.7. The largest absolute Gasteiger partial charge is 0.388 e. The van der Waals surface area contributed by atoms with E-state index in [0.29, 0.717) is 18.2 Å². The summed E-state index contributed by atoms with van der Waals surface area (Å²) in [5.41, 5.74) is 4.03. The second-order valence-corrected chi connectivity index (χ2v) is 7.80. The first kappa shape index (κ1) is 12.9. The number of nitrogens with zero attached hydrogens (tertiary/aromatic N) is 1. The van der Waals surface area contributed by atoms with Crippen LogP contribution in [-0.2, 0) is 11.2 Å². The van der Waals surface area contributed by atoms with Gasteiger partial charge < -0.3 is 14.4 Å². The summed E-state index contributed by atoms with van der Waals surface area (Å²) in [6.07, 6.45) is 6.11. The SMILES string of the molecule is Cc1cc2c(n1C1CC3CCC1O3)CC(C)(C)CC2O. The lowest BCUT2D eigenvalue weighted by molar-refractivity contribution is 0.0873. The molecule has 3 nitrogen and oxygen atoms in total. The molecule has 3 heterocycles. The molecule has 2 saturated heterocycles. The summed E-state index contributed by atoms with van der Waals surface area (Å²) >= 11 is 0. The molecule has 110 valence electrons. The zero-order valence-corrected chi connectivity index (χ0v) is 12.7. The summed E-state index contributed by atoms with van der Waals surface area (Å²) in [4.78, 5) is 0. The van der Waals surface area contributed by atoms with Crippen molar-refractivity contribution >= 4 is 0 Å². The van der Waals surface area contributed by atoms with E-state index in [-0.39, 0.29) is 11.5 Å². The molecule has 1 aromatic heterocycles. The Morgan fingerprint density at radius 2 is 2.15 bits per heavy atom. The highest BCUT2D eigenvalue weighted by Gasteiger charge is 2.44. The second kappa shape index (κ2) is 4.11. The summed E-state index contributed by atoms with van der Waals surface area (Å²) < 4.78 is 8.55. The van der Waals surface area contributed by atoms with Gasteiger partial charge in [-0.25, -0.2) is 0 Å². The topological polar surface area (TPSA) is 34.4 Å². The second-order valence-electron chi connectivity index (χ2n) is 7.80. The number of aromatic nitrogens is 1. The van der Waals surface area contributed by atoms with Gasteiger partial charge >= 0.3 is 0 Å². The molecule has 4 rings (SSSR count). The molecule has 0 saturated carbocycles. The molecule has 2 aliphatic heterocycles. The van der Waals surface area contributed by atoms with Crippen LogP contribution < -0.4 is 0 Å². The predicted octanol–water partition coefficient (Wildman–Crippen LogP) is 3.29. The van der Waals surface area contributed by atoms with Gasteiger partial charge in [-0.3, -0.25) is 0 Å². The van der Waals surface area contributed by atoms with Gasteiger partial charge in [0.2, 0.25) is 0 Å². The van der Waals surface area contributed by atoms with Crippen molar-refractivity contribution in [2.75, 3.05) is 0 Å². The first-order chi connectivity index (χ1) is 9.44. The predicted molar refractivity (Wildman–Crippen MR) is 77.8 cm³/mol. The molecule has 4 atom stereocenters. The van der Waals surface area contributed by atoms with Crippen LogP contribution >= 0.6 is 0 Å². The third kappa shape index (κ3) is 1.79. The van der Waals surface area contributed by atoms with Crippen LogP contribution in [0.2, 0.25) is 0 Å². The molecule has 1 N–H and O–H groups in total. The fourth-order valence-electron chi connectivity index (χ4n) is 4.71. The van der Waals surface area contributed by atoms with Gasteiger partial charge in [0.05, 0.1) is 24.4 Å². The van der Waals surface area contributed by atoms with Gasteiger partial charge in [0.25, 0.3) is 0 Å². The van der Waals surface area contributed by atoms with Crippen molar-refractivity contribution in [1.82, 2.24) is 4.57 Å². The molecule has 1 aliphatic carbocycles. The van der Waals surface area contributed by atoms with Crippen LogP contribution in [0.5, 0.6) is 0 Å². The van der Waals surface area contributed by atoms with Crippen LogP contribution in [0.25, 0.3) is 0 Å². The Kier molecular flexibility index (Phi) is 2.65. The van der Waals surface area contributed by atoms with E-state index in [1.54, 1.807) is 0 Å². The summed E-state index contributed by atoms with van der Waals surface area (Å²) in [7, 11) is 0. The third-order valence-corrected chi connectivity index (χ3v) is 5.52. The quantitative estimate of drug-likeness (QED) is 0.853. The molecular weight excluding hydrogens is 250 g/mol. The number of hydrogen-bond donors (Lipinski definition) is 1. The van der Waals surface area contributed by atoms with Crippen LogP contribution in [0.4, 0.5) is 0 Å². The van der Waals surface area contributed by atoms with Crippen LogP contribution in [0.15, 0.2) is 6.07 Å². The molecule has 0 radical (unpaired) electrons. The smallest absolute Gasteiger partial charge is 0.0812 e. The Balaban J connectivity index is 1.78. The average molecular weight is 275 g/mol. The lowest BCUT2D eigenvalue weighted by Crippen LogP contribution is -2.30. The maximum absolute atomic E-state index is 10.5. The minimum Gasteiger partial charge on any atom is -0.388 e. The van der Waals surface area contributed by atoms with Gasteiger partial charge in [0, 0.05) is 17.0 Å². The first-order valence-electron chi connectivity index (χ1n) is 7.99. The number of ether oxygens (including phenoxy) is 1. The van der Waals surface area contributed by atoms with Gasteiger partial charge in [-0.1, -0.05) is 13.8 Å². The molecule has 0 aromatic carbocycles. The van der Waals surface area contributed by atoms with Crippen LogP contribution in [0.3, 0.4) is 0 Å². The van der Waals surface area contributed by atoms with Crippen molar-refractivity contribution in [3.05, 3.63) is 23.0 Å². The number of fused-ring (bicyclic) bond motifs is 3. The monoisotopic (exact) mass is 275 g/mol. The molecule has 0 spiro atoms. The minimum absolute atomic E-state index is 0.188. The highest BCUT2D eigenvalue weighted by molar-refractivity contribution is 5.34. The molecule has 20 heavy (non-hydrogen) atoms. The summed E-state index contributed by atoms with van der Waals surface area (Å²) in [5.74, 6) is 0. The van der Waals surface area contributed by atoms with Gasteiger partial charge in [-0.15, -0.1) is 0 Å². The maximum atomic E-state index is 10.5. The van der Waals surface area contributed by atoms with E-state index in [1.807, 2.05) is 0 Å². The normalized spacial score (nSPS) is 38.2. The van der Waals surface area contributed by atoms with Crippen LogP contribution in [0, 0.1) is 12.3 Å². The minimum atomic E-state index is -0.298. The Hall–Kier alpha value is -0.800. The molecule has 2 fully saturated rings. The molecule has 1 aromatic rings. The number of hydrogen-bond acceptors (Lipinski definition) is 2. The molecule has 3 heteroatoms. The molecular formula is C17H25NO2. The van der Waals surface area contributed by atoms with Crippen molar-refractivity contribution in [3.8, 4) is 0 Å². The van der Waals surface area contributed by atoms with Gasteiger partial charge in [0.1, 0.15) is 0 Å². The van der Waals surface area contributed by atoms with Crippen molar-refractivity contribution in [2.24, 2.45) is 5.41 Å². The fraction of sp³-hybridized carbons (Fsp3) is 0.765. The average Bonchev–Trinajstić information content (AvgIpc) is 3.01. The molecule has 3 aliphatic rings. The van der Waals surface area contributed by atoms with Gasteiger partial charge in [0.15, 0.2) is 0 Å². The Morgan fingerprint density at radius 1 is 1.35 bits per heavy atom. The van der Waals surface area contributed by atoms with Gasteiger partial charge in [-0.05, 0) is 50.5 Å². The number of rotatable bonds is 1. The fourth-order valence-corrected chi connectivity index (χ4v) is 4.71. The Bertz CT molecular complexity index is 545. The zero-order chi connectivity index (χ0) is 14.1. The van der Waals surface area contributed by atoms with E-state index in [9.17, 15) is 5.11 Å². The summed E-state index contributed by atoms with van der Waals surface area (Å²) in [6.45, 7) is 6.72. The first-order valence-corrected chi connectivity index (χ1v) is 7.99. The molecule has 0 amide bonds.